The van der Waals surface area contributed by atoms with E-state index in [1.807, 2.05) is 48.5 Å². The quantitative estimate of drug-likeness (QED) is 0.652. The lowest BCUT2D eigenvalue weighted by Crippen LogP contribution is -2.44. The summed E-state index contributed by atoms with van der Waals surface area (Å²) in [5, 5.41) is 11.9. The first-order chi connectivity index (χ1) is 10.2. The summed E-state index contributed by atoms with van der Waals surface area (Å²) in [6.45, 7) is 0. The van der Waals surface area contributed by atoms with Gasteiger partial charge in [-0.15, -0.1) is 0 Å². The smallest absolute Gasteiger partial charge is 0.484 e. The SMILES string of the molecule is C[n+]1c([O-])nc(=O)n(-c2ccccc2)c1-c1ccccc1. The fourth-order valence-corrected chi connectivity index (χ4v) is 2.26. The van der Waals surface area contributed by atoms with Gasteiger partial charge >= 0.3 is 5.69 Å². The highest BCUT2D eigenvalue weighted by Gasteiger charge is 2.20. The van der Waals surface area contributed by atoms with E-state index in [-0.39, 0.29) is 0 Å². The number of nitrogens with zero attached hydrogens (tertiary/aromatic N) is 3. The van der Waals surface area contributed by atoms with Crippen LogP contribution in [0.25, 0.3) is 17.1 Å². The molecule has 104 valence electrons. The number of hydrogen-bond donors (Lipinski definition) is 0. The van der Waals surface area contributed by atoms with E-state index in [1.165, 1.54) is 9.13 Å². The Labute approximate surface area is 121 Å². The Bertz CT molecular complexity index is 827. The van der Waals surface area contributed by atoms with Crippen LogP contribution in [0.1, 0.15) is 0 Å². The molecule has 0 radical (unpaired) electrons. The summed E-state index contributed by atoms with van der Waals surface area (Å²) in [5.41, 5.74) is 0.869. The average molecular weight is 279 g/mol. The molecule has 1 heterocycles. The van der Waals surface area contributed by atoms with Gasteiger partial charge in [0.1, 0.15) is 5.69 Å². The molecular formula is C16H13N3O2. The molecule has 0 aliphatic heterocycles. The highest BCUT2D eigenvalue weighted by molar-refractivity contribution is 5.55. The van der Waals surface area contributed by atoms with E-state index in [9.17, 15) is 9.90 Å². The third kappa shape index (κ3) is 2.29. The van der Waals surface area contributed by atoms with Crippen LogP contribution in [0.15, 0.2) is 65.5 Å². The van der Waals surface area contributed by atoms with Gasteiger partial charge in [-0.05, 0) is 29.2 Å². The van der Waals surface area contributed by atoms with E-state index in [0.717, 1.165) is 5.56 Å². The molecule has 0 fully saturated rings. The lowest BCUT2D eigenvalue weighted by molar-refractivity contribution is -0.712. The number of hydrogen-bond acceptors (Lipinski definition) is 3. The van der Waals surface area contributed by atoms with E-state index >= 15 is 0 Å². The van der Waals surface area contributed by atoms with Crippen LogP contribution in [-0.4, -0.2) is 9.55 Å². The maximum atomic E-state index is 12.2. The third-order valence-electron chi connectivity index (χ3n) is 3.25. The molecule has 5 heteroatoms. The van der Waals surface area contributed by atoms with E-state index in [1.54, 1.807) is 19.2 Å². The highest BCUT2D eigenvalue weighted by atomic mass is 16.3. The summed E-state index contributed by atoms with van der Waals surface area (Å²) in [6.07, 6.45) is 0. The van der Waals surface area contributed by atoms with Crippen LogP contribution in [0.2, 0.25) is 0 Å². The van der Waals surface area contributed by atoms with Gasteiger partial charge in [0.15, 0.2) is 0 Å². The molecule has 3 rings (SSSR count). The summed E-state index contributed by atoms with van der Waals surface area (Å²) in [5.74, 6) is 0.506. The van der Waals surface area contributed by atoms with Crippen molar-refractivity contribution in [3.05, 3.63) is 71.1 Å². The van der Waals surface area contributed by atoms with Crippen LogP contribution < -0.4 is 15.4 Å². The normalized spacial score (nSPS) is 10.5. The maximum Gasteiger partial charge on any atom is 0.484 e. The fourth-order valence-electron chi connectivity index (χ4n) is 2.26. The number of rotatable bonds is 2. The van der Waals surface area contributed by atoms with E-state index in [2.05, 4.69) is 4.98 Å². The molecule has 0 unspecified atom stereocenters. The van der Waals surface area contributed by atoms with Gasteiger partial charge in [0.2, 0.25) is 11.8 Å². The van der Waals surface area contributed by atoms with Crippen molar-refractivity contribution in [2.24, 2.45) is 7.05 Å². The molecular weight excluding hydrogens is 266 g/mol. The molecule has 5 nitrogen and oxygen atoms in total. The van der Waals surface area contributed by atoms with E-state index in [0.29, 0.717) is 11.5 Å². The second-order valence-electron chi connectivity index (χ2n) is 4.60. The molecule has 0 N–H and O–H groups in total. The van der Waals surface area contributed by atoms with Gasteiger partial charge in [-0.3, -0.25) is 0 Å². The minimum Gasteiger partial charge on any atom is -0.820 e. The van der Waals surface area contributed by atoms with Crippen LogP contribution >= 0.6 is 0 Å². The zero-order valence-electron chi connectivity index (χ0n) is 11.4. The van der Waals surface area contributed by atoms with Gasteiger partial charge < -0.3 is 5.11 Å². The first-order valence-electron chi connectivity index (χ1n) is 6.49. The van der Waals surface area contributed by atoms with Crippen molar-refractivity contribution in [3.8, 4) is 23.1 Å². The average Bonchev–Trinajstić information content (AvgIpc) is 2.52. The Morgan fingerprint density at radius 1 is 1.00 bits per heavy atom. The van der Waals surface area contributed by atoms with Gasteiger partial charge in [-0.2, -0.15) is 4.57 Å². The molecule has 0 atom stereocenters. The van der Waals surface area contributed by atoms with Crippen molar-refractivity contribution in [2.45, 2.75) is 0 Å². The summed E-state index contributed by atoms with van der Waals surface area (Å²) < 4.78 is 2.82. The molecule has 3 aromatic rings. The zero-order chi connectivity index (χ0) is 14.8. The van der Waals surface area contributed by atoms with Crippen molar-refractivity contribution in [1.82, 2.24) is 9.55 Å². The standard InChI is InChI=1S/C16H13N3O2/c1-18-14(12-8-4-2-5-9-12)19(16(21)17-15(18)20)13-10-6-3-7-11-13/h2-11H,1H3. The molecule has 2 aromatic carbocycles. The Morgan fingerprint density at radius 2 is 1.57 bits per heavy atom. The lowest BCUT2D eigenvalue weighted by atomic mass is 10.2. The molecule has 0 saturated carbocycles. The number of benzene rings is 2. The first kappa shape index (κ1) is 13.1. The van der Waals surface area contributed by atoms with Gasteiger partial charge in [-0.25, -0.2) is 9.36 Å². The largest absolute Gasteiger partial charge is 0.820 e. The highest BCUT2D eigenvalue weighted by Crippen LogP contribution is 2.17. The second-order valence-corrected chi connectivity index (χ2v) is 4.60. The Morgan fingerprint density at radius 3 is 2.19 bits per heavy atom. The van der Waals surface area contributed by atoms with Crippen LogP contribution in [-0.2, 0) is 7.05 Å². The molecule has 21 heavy (non-hydrogen) atoms. The van der Waals surface area contributed by atoms with E-state index < -0.39 is 11.7 Å². The molecule has 0 saturated heterocycles. The summed E-state index contributed by atoms with van der Waals surface area (Å²) >= 11 is 0. The number of para-hydroxylation sites is 1. The Hall–Kier alpha value is -2.95. The minimum absolute atomic E-state index is 0.506. The monoisotopic (exact) mass is 279 g/mol. The summed E-state index contributed by atoms with van der Waals surface area (Å²) in [6, 6.07) is 17.9. The van der Waals surface area contributed by atoms with Crippen molar-refractivity contribution in [3.63, 3.8) is 0 Å². The van der Waals surface area contributed by atoms with Crippen LogP contribution in [0.4, 0.5) is 0 Å². The van der Waals surface area contributed by atoms with Crippen LogP contribution in [0.3, 0.4) is 0 Å². The van der Waals surface area contributed by atoms with Gasteiger partial charge in [-0.1, -0.05) is 36.4 Å². The van der Waals surface area contributed by atoms with Crippen molar-refractivity contribution in [2.75, 3.05) is 0 Å². The minimum atomic E-state index is -0.580. The maximum absolute atomic E-state index is 12.2. The van der Waals surface area contributed by atoms with E-state index in [4.69, 9.17) is 0 Å². The third-order valence-corrected chi connectivity index (χ3v) is 3.25. The zero-order valence-corrected chi connectivity index (χ0v) is 11.4. The summed E-state index contributed by atoms with van der Waals surface area (Å²) in [4.78, 5) is 15.8. The molecule has 0 spiro atoms. The van der Waals surface area contributed by atoms with Crippen molar-refractivity contribution >= 4 is 0 Å². The Kier molecular flexibility index (Phi) is 3.23. The molecule has 1 aromatic heterocycles. The lowest BCUT2D eigenvalue weighted by Gasteiger charge is -2.13. The van der Waals surface area contributed by atoms with Crippen LogP contribution in [0, 0.1) is 0 Å². The van der Waals surface area contributed by atoms with Gasteiger partial charge in [0.05, 0.1) is 7.05 Å². The predicted molar refractivity (Wildman–Crippen MR) is 75.9 cm³/mol. The van der Waals surface area contributed by atoms with Crippen molar-refractivity contribution in [1.29, 1.82) is 0 Å². The van der Waals surface area contributed by atoms with Gasteiger partial charge in [0, 0.05) is 5.56 Å². The molecule has 0 aliphatic rings. The van der Waals surface area contributed by atoms with Crippen molar-refractivity contribution < 1.29 is 9.67 Å². The Balaban J connectivity index is 2.40. The first-order valence-corrected chi connectivity index (χ1v) is 6.49. The second kappa shape index (κ2) is 5.20. The summed E-state index contributed by atoms with van der Waals surface area (Å²) in [7, 11) is 1.61. The molecule has 0 bridgehead atoms. The topological polar surface area (TPSA) is 61.8 Å². The molecule has 0 amide bonds. The van der Waals surface area contributed by atoms with Gasteiger partial charge in [0.25, 0.3) is 0 Å². The fraction of sp³-hybridized carbons (Fsp3) is 0.0625. The number of aromatic nitrogens is 3. The predicted octanol–water partition coefficient (Wildman–Crippen LogP) is 0.798. The molecule has 0 aliphatic carbocycles. The van der Waals surface area contributed by atoms with Crippen LogP contribution in [0.5, 0.6) is 6.01 Å².